The summed E-state index contributed by atoms with van der Waals surface area (Å²) in [5.74, 6) is -1.23. The first-order valence-corrected chi connectivity index (χ1v) is 10.9. The maximum absolute atomic E-state index is 13.1. The molecule has 1 fully saturated rings. The summed E-state index contributed by atoms with van der Waals surface area (Å²) >= 11 is 12.6. The molecule has 1 saturated heterocycles. The normalized spacial score (nSPS) is 14.4. The zero-order chi connectivity index (χ0) is 25.1. The first-order chi connectivity index (χ1) is 16.7. The number of furan rings is 1. The molecular formula is C24H17Cl2FN2O6. The molecule has 8 nitrogen and oxygen atoms in total. The van der Waals surface area contributed by atoms with Crippen LogP contribution in [0.1, 0.15) is 27.4 Å². The lowest BCUT2D eigenvalue weighted by Crippen LogP contribution is -2.30. The van der Waals surface area contributed by atoms with Crippen molar-refractivity contribution in [2.75, 3.05) is 7.11 Å². The minimum atomic E-state index is -0.673. The second-order valence-electron chi connectivity index (χ2n) is 7.37. The van der Waals surface area contributed by atoms with Gasteiger partial charge in [-0.2, -0.15) is 0 Å². The number of urea groups is 1. The maximum atomic E-state index is 13.1. The summed E-state index contributed by atoms with van der Waals surface area (Å²) < 4.78 is 28.6. The summed E-state index contributed by atoms with van der Waals surface area (Å²) in [6, 6.07) is 11.0. The highest BCUT2D eigenvalue weighted by atomic mass is 35.5. The molecule has 11 heteroatoms. The van der Waals surface area contributed by atoms with Crippen molar-refractivity contribution in [1.29, 1.82) is 0 Å². The number of imide groups is 1. The molecule has 0 unspecified atom stereocenters. The molecule has 0 aliphatic carbocycles. The number of carbonyl (C=O) groups excluding carboxylic acids is 3. The third kappa shape index (κ3) is 5.47. The van der Waals surface area contributed by atoms with E-state index in [1.165, 1.54) is 49.6 Å². The Morgan fingerprint density at radius 3 is 2.46 bits per heavy atom. The van der Waals surface area contributed by atoms with E-state index in [4.69, 9.17) is 32.4 Å². The van der Waals surface area contributed by atoms with Crippen molar-refractivity contribution in [2.24, 2.45) is 0 Å². The van der Waals surface area contributed by atoms with Gasteiger partial charge in [-0.15, -0.1) is 0 Å². The Labute approximate surface area is 208 Å². The number of nitrogens with one attached hydrogen (secondary N) is 1. The molecule has 2 heterocycles. The van der Waals surface area contributed by atoms with Crippen molar-refractivity contribution in [3.05, 3.63) is 92.7 Å². The number of nitrogens with zero attached hydrogens (tertiary/aromatic N) is 1. The molecule has 1 aliphatic rings. The van der Waals surface area contributed by atoms with Crippen molar-refractivity contribution >= 4 is 47.2 Å². The summed E-state index contributed by atoms with van der Waals surface area (Å²) in [6.07, 6.45) is 1.42. The van der Waals surface area contributed by atoms with Gasteiger partial charge in [0.2, 0.25) is 5.76 Å². The van der Waals surface area contributed by atoms with Gasteiger partial charge in [0.25, 0.3) is 5.91 Å². The highest BCUT2D eigenvalue weighted by Crippen LogP contribution is 2.35. The van der Waals surface area contributed by atoms with Gasteiger partial charge in [-0.3, -0.25) is 9.69 Å². The van der Waals surface area contributed by atoms with Gasteiger partial charge < -0.3 is 19.2 Å². The van der Waals surface area contributed by atoms with Crippen LogP contribution < -0.4 is 10.1 Å². The minimum Gasteiger partial charge on any atom is -0.486 e. The van der Waals surface area contributed by atoms with Gasteiger partial charge in [-0.25, -0.2) is 14.0 Å². The zero-order valence-electron chi connectivity index (χ0n) is 18.1. The van der Waals surface area contributed by atoms with Crippen molar-refractivity contribution in [2.45, 2.75) is 13.2 Å². The summed E-state index contributed by atoms with van der Waals surface area (Å²) in [5.41, 5.74) is 1.17. The molecule has 3 aromatic rings. The lowest BCUT2D eigenvalue weighted by Gasteiger charge is -2.11. The highest BCUT2D eigenvalue weighted by Gasteiger charge is 2.34. The van der Waals surface area contributed by atoms with Crippen LogP contribution >= 0.6 is 23.2 Å². The molecule has 35 heavy (non-hydrogen) atoms. The topological polar surface area (TPSA) is 98.1 Å². The van der Waals surface area contributed by atoms with E-state index in [0.717, 1.165) is 10.5 Å². The van der Waals surface area contributed by atoms with Crippen molar-refractivity contribution in [3.8, 4) is 5.75 Å². The molecule has 0 spiro atoms. The first kappa shape index (κ1) is 24.3. The molecule has 3 amide bonds. The fourth-order valence-corrected chi connectivity index (χ4v) is 3.86. The van der Waals surface area contributed by atoms with E-state index >= 15 is 0 Å². The number of hydrogen-bond donors (Lipinski definition) is 1. The lowest BCUT2D eigenvalue weighted by molar-refractivity contribution is -0.123. The molecule has 1 N–H and O–H groups in total. The van der Waals surface area contributed by atoms with Crippen LogP contribution in [0.5, 0.6) is 5.75 Å². The number of ether oxygens (including phenoxy) is 2. The van der Waals surface area contributed by atoms with Gasteiger partial charge in [0.05, 0.1) is 23.7 Å². The predicted molar refractivity (Wildman–Crippen MR) is 124 cm³/mol. The van der Waals surface area contributed by atoms with Gasteiger partial charge in [-0.05, 0) is 53.6 Å². The largest absolute Gasteiger partial charge is 0.486 e. The number of halogens is 3. The Balaban J connectivity index is 1.47. The molecular weight excluding hydrogens is 502 g/mol. The number of carbonyl (C=O) groups is 3. The van der Waals surface area contributed by atoms with E-state index in [2.05, 4.69) is 10.1 Å². The SMILES string of the molecule is COC(=O)c1ccc(CN2C(=O)N/C(=C\c3cc(Cl)c(OCc4ccc(F)cc4)c(Cl)c3)C2=O)o1. The molecule has 4 rings (SSSR count). The van der Waals surface area contributed by atoms with Crippen LogP contribution in [-0.4, -0.2) is 29.9 Å². The molecule has 1 aliphatic heterocycles. The lowest BCUT2D eigenvalue weighted by atomic mass is 10.1. The average molecular weight is 519 g/mol. The summed E-state index contributed by atoms with van der Waals surface area (Å²) in [5, 5.41) is 2.86. The molecule has 2 aromatic carbocycles. The molecule has 0 atom stereocenters. The highest BCUT2D eigenvalue weighted by molar-refractivity contribution is 6.37. The van der Waals surface area contributed by atoms with Crippen molar-refractivity contribution < 1.29 is 32.7 Å². The zero-order valence-corrected chi connectivity index (χ0v) is 19.7. The van der Waals surface area contributed by atoms with Crippen LogP contribution in [-0.2, 0) is 22.7 Å². The first-order valence-electron chi connectivity index (χ1n) is 10.1. The Morgan fingerprint density at radius 1 is 1.11 bits per heavy atom. The van der Waals surface area contributed by atoms with Crippen molar-refractivity contribution in [1.82, 2.24) is 10.2 Å². The second kappa shape index (κ2) is 10.2. The predicted octanol–water partition coefficient (Wildman–Crippen LogP) is 5.18. The number of hydrogen-bond acceptors (Lipinski definition) is 6. The van der Waals surface area contributed by atoms with Gasteiger partial charge in [0, 0.05) is 0 Å². The van der Waals surface area contributed by atoms with Gasteiger partial charge >= 0.3 is 12.0 Å². The Morgan fingerprint density at radius 2 is 1.80 bits per heavy atom. The third-order valence-electron chi connectivity index (χ3n) is 4.95. The van der Waals surface area contributed by atoms with Crippen LogP contribution in [0.3, 0.4) is 0 Å². The monoisotopic (exact) mass is 518 g/mol. The summed E-state index contributed by atoms with van der Waals surface area (Å²) in [7, 11) is 1.21. The fraction of sp³-hybridized carbons (Fsp3) is 0.125. The fourth-order valence-electron chi connectivity index (χ4n) is 3.25. The number of methoxy groups -OCH3 is 1. The Hall–Kier alpha value is -3.82. The smallest absolute Gasteiger partial charge is 0.373 e. The van der Waals surface area contributed by atoms with Gasteiger partial charge in [-0.1, -0.05) is 35.3 Å². The number of rotatable bonds is 7. The van der Waals surface area contributed by atoms with Crippen LogP contribution in [0.4, 0.5) is 9.18 Å². The number of benzene rings is 2. The van der Waals surface area contributed by atoms with Crippen LogP contribution in [0.2, 0.25) is 10.0 Å². The Bertz CT molecular complexity index is 1310. The quantitative estimate of drug-likeness (QED) is 0.262. The van der Waals surface area contributed by atoms with E-state index in [0.29, 0.717) is 5.56 Å². The van der Waals surface area contributed by atoms with E-state index in [1.807, 2.05) is 0 Å². The van der Waals surface area contributed by atoms with Crippen LogP contribution in [0.25, 0.3) is 6.08 Å². The van der Waals surface area contributed by atoms with E-state index in [-0.39, 0.29) is 52.0 Å². The standard InChI is InChI=1S/C24H17Cl2FN2O6/c1-33-23(31)20-7-6-16(35-20)11-29-22(30)19(28-24(29)32)10-14-8-17(25)21(18(26)9-14)34-12-13-2-4-15(27)5-3-13/h2-10H,11-12H2,1H3,(H,28,32)/b19-10-. The number of esters is 1. The molecule has 0 saturated carbocycles. The van der Waals surface area contributed by atoms with Gasteiger partial charge in [0.1, 0.15) is 23.9 Å². The van der Waals surface area contributed by atoms with Crippen LogP contribution in [0.15, 0.2) is 58.6 Å². The Kier molecular flexibility index (Phi) is 7.09. The minimum absolute atomic E-state index is 0.00172. The molecule has 1 aromatic heterocycles. The van der Waals surface area contributed by atoms with Crippen molar-refractivity contribution in [3.63, 3.8) is 0 Å². The summed E-state index contributed by atoms with van der Waals surface area (Å²) in [4.78, 5) is 37.6. The van der Waals surface area contributed by atoms with Gasteiger partial charge in [0.15, 0.2) is 5.75 Å². The molecule has 180 valence electrons. The van der Waals surface area contributed by atoms with E-state index < -0.39 is 17.9 Å². The summed E-state index contributed by atoms with van der Waals surface area (Å²) in [6.45, 7) is -0.0647. The van der Waals surface area contributed by atoms with E-state index in [1.54, 1.807) is 12.1 Å². The second-order valence-corrected chi connectivity index (χ2v) is 8.18. The average Bonchev–Trinajstić information content (AvgIpc) is 3.39. The molecule has 0 bridgehead atoms. The maximum Gasteiger partial charge on any atom is 0.373 e. The third-order valence-corrected chi connectivity index (χ3v) is 5.51. The van der Waals surface area contributed by atoms with E-state index in [9.17, 15) is 18.8 Å². The number of amides is 3. The van der Waals surface area contributed by atoms with Crippen LogP contribution in [0, 0.1) is 5.82 Å². The molecule has 0 radical (unpaired) electrons.